The second-order valence-electron chi connectivity index (χ2n) is 3.07. The summed E-state index contributed by atoms with van der Waals surface area (Å²) in [5, 5.41) is 0. The maximum Gasteiger partial charge on any atom is 0.174 e. The smallest absolute Gasteiger partial charge is 0.174 e. The highest BCUT2D eigenvalue weighted by Gasteiger charge is 2.29. The first-order valence-electron chi connectivity index (χ1n) is 4.26. The van der Waals surface area contributed by atoms with Gasteiger partial charge in [-0.1, -0.05) is 24.3 Å². The maximum atomic E-state index is 14.1. The zero-order chi connectivity index (χ0) is 9.15. The summed E-state index contributed by atoms with van der Waals surface area (Å²) < 4.78 is 14.1. The van der Waals surface area contributed by atoms with Gasteiger partial charge in [-0.15, -0.1) is 0 Å². The van der Waals surface area contributed by atoms with Crippen LogP contribution in [0.1, 0.15) is 12.1 Å². The molecular weight excluding hydrogens is 165 g/mol. The Kier molecular flexibility index (Phi) is 1.97. The van der Waals surface area contributed by atoms with Crippen molar-refractivity contribution in [2.45, 2.75) is 12.1 Å². The number of rotatable bonds is 1. The Balaban J connectivity index is 2.35. The Morgan fingerprint density at radius 2 is 2.23 bits per heavy atom. The van der Waals surface area contributed by atoms with Crippen molar-refractivity contribution in [2.24, 2.45) is 0 Å². The number of hydrogen-bond acceptors (Lipinski definition) is 1. The van der Waals surface area contributed by atoms with E-state index in [9.17, 15) is 4.39 Å². The van der Waals surface area contributed by atoms with Crippen LogP contribution >= 0.6 is 0 Å². The van der Waals surface area contributed by atoms with Crippen LogP contribution in [0.5, 0.6) is 0 Å². The van der Waals surface area contributed by atoms with Crippen LogP contribution < -0.4 is 0 Å². The molecule has 1 aromatic rings. The molecule has 0 aliphatic heterocycles. The molecule has 0 bridgehead atoms. The quantitative estimate of drug-likeness (QED) is 0.639. The van der Waals surface area contributed by atoms with E-state index in [4.69, 9.17) is 0 Å². The summed E-state index contributed by atoms with van der Waals surface area (Å²) in [6.07, 6.45) is 8.92. The van der Waals surface area contributed by atoms with Gasteiger partial charge in [0.2, 0.25) is 0 Å². The highest BCUT2D eigenvalue weighted by molar-refractivity contribution is 5.27. The Morgan fingerprint density at radius 1 is 1.31 bits per heavy atom. The summed E-state index contributed by atoms with van der Waals surface area (Å²) >= 11 is 0. The molecule has 1 aliphatic carbocycles. The van der Waals surface area contributed by atoms with Gasteiger partial charge in [0.1, 0.15) is 0 Å². The summed E-state index contributed by atoms with van der Waals surface area (Å²) in [5.74, 6) is 0. The molecule has 1 aromatic heterocycles. The van der Waals surface area contributed by atoms with Crippen molar-refractivity contribution in [3.05, 3.63) is 54.4 Å². The van der Waals surface area contributed by atoms with E-state index in [2.05, 4.69) is 4.98 Å². The van der Waals surface area contributed by atoms with E-state index < -0.39 is 5.67 Å². The minimum absolute atomic E-state index is 0.376. The van der Waals surface area contributed by atoms with Crippen LogP contribution in [0.4, 0.5) is 4.39 Å². The van der Waals surface area contributed by atoms with Crippen LogP contribution in [0.2, 0.25) is 0 Å². The van der Waals surface area contributed by atoms with E-state index in [-0.39, 0.29) is 0 Å². The molecule has 0 amide bonds. The largest absolute Gasteiger partial charge is 0.258 e. The van der Waals surface area contributed by atoms with Gasteiger partial charge in [-0.05, 0) is 18.2 Å². The summed E-state index contributed by atoms with van der Waals surface area (Å²) in [6, 6.07) is 5.30. The van der Waals surface area contributed by atoms with E-state index >= 15 is 0 Å². The van der Waals surface area contributed by atoms with Crippen molar-refractivity contribution in [1.29, 1.82) is 0 Å². The number of alkyl halides is 1. The minimum Gasteiger partial charge on any atom is -0.258 e. The van der Waals surface area contributed by atoms with E-state index in [0.717, 1.165) is 0 Å². The summed E-state index contributed by atoms with van der Waals surface area (Å²) in [4.78, 5) is 4.01. The summed E-state index contributed by atoms with van der Waals surface area (Å²) in [6.45, 7) is 0. The van der Waals surface area contributed by atoms with Crippen molar-refractivity contribution in [3.8, 4) is 0 Å². The normalized spacial score (nSPS) is 26.2. The Labute approximate surface area is 76.6 Å². The first kappa shape index (κ1) is 8.17. The van der Waals surface area contributed by atoms with E-state index in [1.54, 1.807) is 36.5 Å². The topological polar surface area (TPSA) is 12.9 Å². The molecule has 0 aromatic carbocycles. The van der Waals surface area contributed by atoms with E-state index in [1.165, 1.54) is 0 Å². The first-order chi connectivity index (χ1) is 6.31. The van der Waals surface area contributed by atoms with Crippen LogP contribution in [0.15, 0.2) is 48.7 Å². The molecular formula is C11H10FN. The molecule has 0 fully saturated rings. The van der Waals surface area contributed by atoms with Crippen LogP contribution in [0.3, 0.4) is 0 Å². The predicted molar refractivity (Wildman–Crippen MR) is 49.9 cm³/mol. The fourth-order valence-electron chi connectivity index (χ4n) is 1.39. The molecule has 2 rings (SSSR count). The van der Waals surface area contributed by atoms with Gasteiger partial charge in [-0.25, -0.2) is 4.39 Å². The number of halogens is 1. The third-order valence-electron chi connectivity index (χ3n) is 2.11. The van der Waals surface area contributed by atoms with Gasteiger partial charge in [0.05, 0.1) is 5.69 Å². The molecule has 1 nitrogen and oxygen atoms in total. The van der Waals surface area contributed by atoms with Crippen molar-refractivity contribution in [1.82, 2.24) is 4.98 Å². The molecule has 1 unspecified atom stereocenters. The number of pyridine rings is 1. The highest BCUT2D eigenvalue weighted by atomic mass is 19.1. The molecule has 1 aliphatic rings. The van der Waals surface area contributed by atoms with Gasteiger partial charge in [0, 0.05) is 12.6 Å². The highest BCUT2D eigenvalue weighted by Crippen LogP contribution is 2.32. The van der Waals surface area contributed by atoms with Gasteiger partial charge in [-0.2, -0.15) is 0 Å². The Bertz CT molecular complexity index is 342. The van der Waals surface area contributed by atoms with Crippen molar-refractivity contribution in [3.63, 3.8) is 0 Å². The molecule has 2 heteroatoms. The predicted octanol–water partition coefficient (Wildman–Crippen LogP) is 2.76. The average Bonchev–Trinajstić information content (AvgIpc) is 2.20. The lowest BCUT2D eigenvalue weighted by atomic mass is 9.93. The average molecular weight is 175 g/mol. The SMILES string of the molecule is FC1(c2ccccn2)C=CC=CC1. The second kappa shape index (κ2) is 3.13. The monoisotopic (exact) mass is 175 g/mol. The second-order valence-corrected chi connectivity index (χ2v) is 3.07. The van der Waals surface area contributed by atoms with Crippen LogP contribution in [0.25, 0.3) is 0 Å². The van der Waals surface area contributed by atoms with E-state index in [1.807, 2.05) is 12.2 Å². The van der Waals surface area contributed by atoms with Crippen LogP contribution in [-0.4, -0.2) is 4.98 Å². The first-order valence-corrected chi connectivity index (χ1v) is 4.26. The summed E-state index contributed by atoms with van der Waals surface area (Å²) in [5.41, 5.74) is -0.925. The Morgan fingerprint density at radius 3 is 2.85 bits per heavy atom. The zero-order valence-electron chi connectivity index (χ0n) is 7.15. The lowest BCUT2D eigenvalue weighted by Gasteiger charge is -2.20. The van der Waals surface area contributed by atoms with Gasteiger partial charge in [0.25, 0.3) is 0 Å². The number of aromatic nitrogens is 1. The lowest BCUT2D eigenvalue weighted by Crippen LogP contribution is -2.18. The third-order valence-corrected chi connectivity index (χ3v) is 2.11. The fourth-order valence-corrected chi connectivity index (χ4v) is 1.39. The number of nitrogens with zero attached hydrogens (tertiary/aromatic N) is 1. The van der Waals surface area contributed by atoms with Crippen LogP contribution in [-0.2, 0) is 5.67 Å². The van der Waals surface area contributed by atoms with Gasteiger partial charge in [-0.3, -0.25) is 4.98 Å². The molecule has 0 saturated carbocycles. The molecule has 0 N–H and O–H groups in total. The zero-order valence-corrected chi connectivity index (χ0v) is 7.15. The molecule has 0 spiro atoms. The number of hydrogen-bond donors (Lipinski definition) is 0. The fraction of sp³-hybridized carbons (Fsp3) is 0.182. The van der Waals surface area contributed by atoms with Gasteiger partial charge >= 0.3 is 0 Å². The van der Waals surface area contributed by atoms with Crippen molar-refractivity contribution >= 4 is 0 Å². The maximum absolute atomic E-state index is 14.1. The van der Waals surface area contributed by atoms with Gasteiger partial charge in [0.15, 0.2) is 5.67 Å². The van der Waals surface area contributed by atoms with E-state index in [0.29, 0.717) is 12.1 Å². The molecule has 1 atom stereocenters. The minimum atomic E-state index is -1.41. The van der Waals surface area contributed by atoms with Gasteiger partial charge < -0.3 is 0 Å². The molecule has 0 saturated heterocycles. The van der Waals surface area contributed by atoms with Crippen LogP contribution in [0, 0.1) is 0 Å². The lowest BCUT2D eigenvalue weighted by molar-refractivity contribution is 0.228. The van der Waals surface area contributed by atoms with Crippen molar-refractivity contribution < 1.29 is 4.39 Å². The summed E-state index contributed by atoms with van der Waals surface area (Å²) in [7, 11) is 0. The molecule has 13 heavy (non-hydrogen) atoms. The standard InChI is InChI=1S/C11H10FN/c12-11(7-3-1-4-8-11)10-6-2-5-9-13-10/h1-7,9H,8H2. The third kappa shape index (κ3) is 1.52. The van der Waals surface area contributed by atoms with Crippen molar-refractivity contribution in [2.75, 3.05) is 0 Å². The molecule has 1 heterocycles. The Hall–Kier alpha value is -1.44. The molecule has 66 valence electrons. The number of allylic oxidation sites excluding steroid dienone is 4. The molecule has 0 radical (unpaired) electrons.